The highest BCUT2D eigenvalue weighted by Gasteiger charge is 2.22. The first-order valence-corrected chi connectivity index (χ1v) is 22.3. The summed E-state index contributed by atoms with van der Waals surface area (Å²) in [6.45, 7) is 4.36. The van der Waals surface area contributed by atoms with Crippen LogP contribution in [0.25, 0.3) is 0 Å². The van der Waals surface area contributed by atoms with Crippen molar-refractivity contribution in [1.29, 1.82) is 0 Å². The van der Waals surface area contributed by atoms with Crippen molar-refractivity contribution >= 4 is 32.2 Å². The van der Waals surface area contributed by atoms with Gasteiger partial charge in [-0.15, -0.1) is 0 Å². The predicted octanol–water partition coefficient (Wildman–Crippen LogP) is 10.3. The third-order valence-corrected chi connectivity index (χ3v) is 11.7. The second-order valence-electron chi connectivity index (χ2n) is 13.6. The Labute approximate surface area is 299 Å². The first-order chi connectivity index (χ1) is 23.3. The highest BCUT2D eigenvalue weighted by atomic mass is 32.2. The van der Waals surface area contributed by atoms with Crippen molar-refractivity contribution in [3.63, 3.8) is 0 Å². The molecule has 11 nitrogen and oxygen atoms in total. The van der Waals surface area contributed by atoms with E-state index in [1.54, 1.807) is 0 Å². The van der Waals surface area contributed by atoms with Crippen LogP contribution in [0.2, 0.25) is 0 Å². The van der Waals surface area contributed by atoms with Crippen LogP contribution in [0.3, 0.4) is 0 Å². The van der Waals surface area contributed by atoms with Gasteiger partial charge in [-0.3, -0.25) is 13.9 Å². The quantitative estimate of drug-likeness (QED) is 0.0212. The van der Waals surface area contributed by atoms with Gasteiger partial charge in [0.1, 0.15) is 0 Å². The van der Waals surface area contributed by atoms with E-state index in [0.717, 1.165) is 89.9 Å². The van der Waals surface area contributed by atoms with Crippen LogP contribution in [0.1, 0.15) is 206 Å². The van der Waals surface area contributed by atoms with Crippen molar-refractivity contribution in [3.8, 4) is 0 Å². The first kappa shape index (κ1) is 49.8. The molecule has 0 saturated carbocycles. The van der Waals surface area contributed by atoms with Gasteiger partial charge in [-0.25, -0.2) is 4.79 Å². The zero-order valence-electron chi connectivity index (χ0n) is 30.8. The molecule has 0 rings (SSSR count). The Balaban J connectivity index is 0. The smallest absolute Gasteiger partial charge is 0.342 e. The van der Waals surface area contributed by atoms with Crippen LogP contribution in [-0.2, 0) is 34.7 Å². The molecular weight excluding hydrogens is 673 g/mol. The Morgan fingerprint density at radius 3 is 1.00 bits per heavy atom. The minimum absolute atomic E-state index is 0.197. The monoisotopic (exact) mass is 744 g/mol. The normalized spacial score (nSPS) is 13.0. The molecule has 294 valence electrons. The van der Waals surface area contributed by atoms with E-state index in [9.17, 15) is 35.5 Å². The summed E-state index contributed by atoms with van der Waals surface area (Å²) in [5, 5.41) is 15.4. The molecule has 0 saturated heterocycles. The van der Waals surface area contributed by atoms with Gasteiger partial charge in [-0.1, -0.05) is 155 Å². The molecule has 0 radical (unpaired) electrons. The SMILES string of the molecule is CCCCCCCCCC(CCCCCCCC(=O)O)S(=O)(=O)O.CCCCCCCCCC(CCCCCCCC(=O)OO)S(=O)(=O)O. The number of unbranched alkanes of at least 4 members (excludes halogenated alkanes) is 20. The standard InChI is InChI=1S/C18H36O6S.C18H36O5S/c1-2-3-4-5-6-8-11-14-17(25(21,22)23)15-12-9-7-10-13-16-18(19)24-20;1-2-3-4-5-6-8-11-14-17(24(21,22)23)15-12-9-7-10-13-16-18(19)20/h17,20H,2-16H2,1H3,(H,21,22,23);17H,2-16H2,1H3,(H,19,20)(H,21,22,23). The molecule has 0 bridgehead atoms. The van der Waals surface area contributed by atoms with E-state index >= 15 is 0 Å². The zero-order valence-corrected chi connectivity index (χ0v) is 32.5. The van der Waals surface area contributed by atoms with Gasteiger partial charge in [-0.05, 0) is 38.5 Å². The van der Waals surface area contributed by atoms with Crippen LogP contribution in [-0.4, -0.2) is 58.7 Å². The Bertz CT molecular complexity index is 985. The van der Waals surface area contributed by atoms with Gasteiger partial charge in [0.2, 0.25) is 0 Å². The van der Waals surface area contributed by atoms with Crippen molar-refractivity contribution in [1.82, 2.24) is 0 Å². The fourth-order valence-corrected chi connectivity index (χ4v) is 7.80. The molecule has 0 aliphatic rings. The lowest BCUT2D eigenvalue weighted by Gasteiger charge is -2.13. The van der Waals surface area contributed by atoms with E-state index in [0.29, 0.717) is 38.5 Å². The van der Waals surface area contributed by atoms with E-state index in [1.807, 2.05) is 0 Å². The largest absolute Gasteiger partial charge is 0.481 e. The number of carbonyl (C=O) groups excluding carboxylic acids is 1. The molecule has 0 aromatic carbocycles. The average molecular weight is 745 g/mol. The first-order valence-electron chi connectivity index (χ1n) is 19.3. The molecule has 0 amide bonds. The number of carboxylic acid groups (broad SMARTS) is 1. The fraction of sp³-hybridized carbons (Fsp3) is 0.944. The molecule has 0 spiro atoms. The number of carboxylic acids is 1. The van der Waals surface area contributed by atoms with Crippen LogP contribution < -0.4 is 0 Å². The molecule has 13 heteroatoms. The van der Waals surface area contributed by atoms with E-state index in [-0.39, 0.29) is 12.8 Å². The zero-order chi connectivity index (χ0) is 37.2. The lowest BCUT2D eigenvalue weighted by molar-refractivity contribution is -0.234. The summed E-state index contributed by atoms with van der Waals surface area (Å²) in [5.41, 5.74) is 0. The third kappa shape index (κ3) is 36.3. The number of hydrogen-bond donors (Lipinski definition) is 4. The van der Waals surface area contributed by atoms with Gasteiger partial charge in [0, 0.05) is 12.8 Å². The van der Waals surface area contributed by atoms with Crippen molar-refractivity contribution < 1.29 is 50.8 Å². The molecule has 4 N–H and O–H groups in total. The number of rotatable bonds is 34. The van der Waals surface area contributed by atoms with Crippen molar-refractivity contribution in [2.75, 3.05) is 0 Å². The van der Waals surface area contributed by atoms with Gasteiger partial charge in [0.25, 0.3) is 20.2 Å². The van der Waals surface area contributed by atoms with Gasteiger partial charge in [0.15, 0.2) is 0 Å². The molecule has 0 aromatic heterocycles. The second kappa shape index (κ2) is 33.8. The molecule has 0 fully saturated rings. The van der Waals surface area contributed by atoms with Crippen LogP contribution in [0.5, 0.6) is 0 Å². The summed E-state index contributed by atoms with van der Waals surface area (Å²) in [6.07, 6.45) is 26.5. The number of aliphatic carboxylic acids is 1. The molecule has 2 unspecified atom stereocenters. The van der Waals surface area contributed by atoms with Gasteiger partial charge < -0.3 is 9.99 Å². The summed E-state index contributed by atoms with van der Waals surface area (Å²) >= 11 is 0. The van der Waals surface area contributed by atoms with E-state index in [1.165, 1.54) is 51.4 Å². The topological polar surface area (TPSA) is 193 Å². The molecule has 2 atom stereocenters. The molecule has 49 heavy (non-hydrogen) atoms. The Morgan fingerprint density at radius 1 is 0.469 bits per heavy atom. The Hall–Kier alpha value is -1.28. The maximum absolute atomic E-state index is 11.5. The Morgan fingerprint density at radius 2 is 0.735 bits per heavy atom. The number of hydrogen-bond acceptors (Lipinski definition) is 8. The minimum atomic E-state index is -3.97. The van der Waals surface area contributed by atoms with E-state index in [2.05, 4.69) is 18.7 Å². The molecule has 0 aliphatic carbocycles. The summed E-state index contributed by atoms with van der Waals surface area (Å²) in [6, 6.07) is 0. The molecule has 0 heterocycles. The molecule has 0 aromatic rings. The number of carbonyl (C=O) groups is 2. The summed E-state index contributed by atoms with van der Waals surface area (Å²) < 4.78 is 64.7. The maximum Gasteiger partial charge on any atom is 0.342 e. The van der Waals surface area contributed by atoms with Crippen LogP contribution in [0, 0.1) is 0 Å². The van der Waals surface area contributed by atoms with Crippen LogP contribution >= 0.6 is 0 Å². The minimum Gasteiger partial charge on any atom is -0.481 e. The van der Waals surface area contributed by atoms with Crippen molar-refractivity contribution in [2.24, 2.45) is 0 Å². The van der Waals surface area contributed by atoms with Gasteiger partial charge in [-0.2, -0.15) is 22.1 Å². The highest BCUT2D eigenvalue weighted by molar-refractivity contribution is 7.86. The Kier molecular flexibility index (Phi) is 34.4. The summed E-state index contributed by atoms with van der Waals surface area (Å²) in [7, 11) is -7.92. The fourth-order valence-electron chi connectivity index (χ4n) is 5.94. The lowest BCUT2D eigenvalue weighted by atomic mass is 10.0. The molecular formula is C36H72O11S2. The van der Waals surface area contributed by atoms with Gasteiger partial charge >= 0.3 is 11.9 Å². The highest BCUT2D eigenvalue weighted by Crippen LogP contribution is 2.21. The lowest BCUT2D eigenvalue weighted by Crippen LogP contribution is -2.20. The van der Waals surface area contributed by atoms with Crippen LogP contribution in [0.4, 0.5) is 0 Å². The second-order valence-corrected chi connectivity index (χ2v) is 17.0. The van der Waals surface area contributed by atoms with E-state index in [4.69, 9.17) is 10.4 Å². The van der Waals surface area contributed by atoms with E-state index < -0.39 is 42.7 Å². The summed E-state index contributed by atoms with van der Waals surface area (Å²) in [5.74, 6) is -1.39. The maximum atomic E-state index is 11.5. The predicted molar refractivity (Wildman–Crippen MR) is 197 cm³/mol. The van der Waals surface area contributed by atoms with Crippen molar-refractivity contribution in [3.05, 3.63) is 0 Å². The van der Waals surface area contributed by atoms with Crippen LogP contribution in [0.15, 0.2) is 0 Å². The molecule has 0 aliphatic heterocycles. The van der Waals surface area contributed by atoms with Crippen molar-refractivity contribution in [2.45, 2.75) is 217 Å². The third-order valence-electron chi connectivity index (χ3n) is 9.03. The average Bonchev–Trinajstić information content (AvgIpc) is 3.03. The van der Waals surface area contributed by atoms with Gasteiger partial charge in [0.05, 0.1) is 10.5 Å². The summed E-state index contributed by atoms with van der Waals surface area (Å²) in [4.78, 5) is 24.7.